The van der Waals surface area contributed by atoms with E-state index in [1.807, 2.05) is 0 Å². The summed E-state index contributed by atoms with van der Waals surface area (Å²) in [6.07, 6.45) is 0. The highest BCUT2D eigenvalue weighted by Crippen LogP contribution is 2.19. The van der Waals surface area contributed by atoms with Crippen LogP contribution in [0.25, 0.3) is 0 Å². The summed E-state index contributed by atoms with van der Waals surface area (Å²) in [7, 11) is 0. The second-order valence-electron chi connectivity index (χ2n) is 5.20. The topological polar surface area (TPSA) is 73.2 Å². The van der Waals surface area contributed by atoms with Crippen molar-refractivity contribution in [2.24, 2.45) is 15.0 Å². The molecule has 21 heavy (non-hydrogen) atoms. The molecule has 3 aliphatic rings. The molecule has 0 fully saturated rings. The predicted octanol–water partition coefficient (Wildman–Crippen LogP) is -0.264. The Morgan fingerprint density at radius 3 is 1.57 bits per heavy atom. The Balaban J connectivity index is 1.88. The number of nitrogens with one attached hydrogen (secondary N) is 3. The maximum atomic E-state index is 4.61. The van der Waals surface area contributed by atoms with Crippen LogP contribution in [0.15, 0.2) is 33.2 Å². The Kier molecular flexibility index (Phi) is 3.06. The van der Waals surface area contributed by atoms with Crippen LogP contribution in [0.1, 0.15) is 16.7 Å². The molecule has 0 amide bonds. The standard InChI is InChI=1S/C15H18N6/c1-2-10(13-16-4-5-17-13)12(15-20-8-9-21-15)11(3-1)14-18-6-7-19-14/h1-3H,4-9H2,(H,16,17)(H,18,19)(H,20,21). The summed E-state index contributed by atoms with van der Waals surface area (Å²) < 4.78 is 0. The molecule has 6 heteroatoms. The number of rotatable bonds is 3. The molecule has 3 N–H and O–H groups in total. The zero-order valence-electron chi connectivity index (χ0n) is 11.8. The Morgan fingerprint density at radius 2 is 1.14 bits per heavy atom. The molecule has 3 aliphatic heterocycles. The maximum Gasteiger partial charge on any atom is 0.129 e. The third-order valence-corrected chi connectivity index (χ3v) is 3.83. The van der Waals surface area contributed by atoms with Gasteiger partial charge in [-0.25, -0.2) is 0 Å². The van der Waals surface area contributed by atoms with E-state index in [4.69, 9.17) is 0 Å². The highest BCUT2D eigenvalue weighted by Gasteiger charge is 2.24. The number of aliphatic imine (C=N–C) groups is 3. The molecule has 0 bridgehead atoms. The molecule has 1 aromatic rings. The van der Waals surface area contributed by atoms with Gasteiger partial charge in [-0.1, -0.05) is 18.2 Å². The van der Waals surface area contributed by atoms with E-state index < -0.39 is 0 Å². The molecule has 3 heterocycles. The maximum absolute atomic E-state index is 4.61. The molecule has 4 rings (SSSR count). The van der Waals surface area contributed by atoms with Crippen LogP contribution in [0.5, 0.6) is 0 Å². The van der Waals surface area contributed by atoms with Crippen molar-refractivity contribution in [3.05, 3.63) is 34.9 Å². The van der Waals surface area contributed by atoms with Crippen LogP contribution < -0.4 is 16.0 Å². The number of nitrogens with zero attached hydrogens (tertiary/aromatic N) is 3. The van der Waals surface area contributed by atoms with Crippen LogP contribution in [-0.2, 0) is 0 Å². The summed E-state index contributed by atoms with van der Waals surface area (Å²) >= 11 is 0. The molecular formula is C15H18N6. The predicted molar refractivity (Wildman–Crippen MR) is 84.7 cm³/mol. The molecule has 1 aromatic carbocycles. The molecule has 108 valence electrons. The molecule has 0 radical (unpaired) electrons. The van der Waals surface area contributed by atoms with E-state index in [1.54, 1.807) is 0 Å². The Hall–Kier alpha value is -2.37. The number of hydrogen-bond acceptors (Lipinski definition) is 6. The Labute approximate surface area is 123 Å². The van der Waals surface area contributed by atoms with E-state index in [0.717, 1.165) is 73.5 Å². The lowest BCUT2D eigenvalue weighted by atomic mass is 9.98. The SMILES string of the molecule is c1cc(C2=NCCN2)c(C2=NCCN2)c(C2=NCCN2)c1. The van der Waals surface area contributed by atoms with E-state index >= 15 is 0 Å². The lowest BCUT2D eigenvalue weighted by Gasteiger charge is -2.16. The monoisotopic (exact) mass is 282 g/mol. The first-order valence-electron chi connectivity index (χ1n) is 7.42. The van der Waals surface area contributed by atoms with Crippen molar-refractivity contribution in [3.63, 3.8) is 0 Å². The third-order valence-electron chi connectivity index (χ3n) is 3.83. The van der Waals surface area contributed by atoms with E-state index in [-0.39, 0.29) is 0 Å². The van der Waals surface area contributed by atoms with Gasteiger partial charge in [0, 0.05) is 36.3 Å². The van der Waals surface area contributed by atoms with Crippen molar-refractivity contribution in [3.8, 4) is 0 Å². The van der Waals surface area contributed by atoms with E-state index in [2.05, 4.69) is 49.1 Å². The molecule has 0 unspecified atom stereocenters. The van der Waals surface area contributed by atoms with Crippen molar-refractivity contribution in [1.82, 2.24) is 16.0 Å². The minimum atomic E-state index is 0.822. The first kappa shape index (κ1) is 12.4. The number of hydrogen-bond donors (Lipinski definition) is 3. The first-order chi connectivity index (χ1) is 10.4. The van der Waals surface area contributed by atoms with Crippen LogP contribution in [0, 0.1) is 0 Å². The molecule has 6 nitrogen and oxygen atoms in total. The van der Waals surface area contributed by atoms with Gasteiger partial charge in [0.2, 0.25) is 0 Å². The fourth-order valence-electron chi connectivity index (χ4n) is 2.92. The van der Waals surface area contributed by atoms with E-state index in [1.165, 1.54) is 0 Å². The van der Waals surface area contributed by atoms with Crippen LogP contribution in [0.2, 0.25) is 0 Å². The smallest absolute Gasteiger partial charge is 0.129 e. The van der Waals surface area contributed by atoms with Crippen molar-refractivity contribution in [2.75, 3.05) is 39.3 Å². The average Bonchev–Trinajstić information content (AvgIpc) is 3.28. The fourth-order valence-corrected chi connectivity index (χ4v) is 2.92. The zero-order chi connectivity index (χ0) is 14.1. The highest BCUT2D eigenvalue weighted by atomic mass is 15.1. The number of benzene rings is 1. The summed E-state index contributed by atoms with van der Waals surface area (Å²) in [6.45, 7) is 5.18. The second kappa shape index (κ2) is 5.20. The van der Waals surface area contributed by atoms with Gasteiger partial charge in [-0.15, -0.1) is 0 Å². The van der Waals surface area contributed by atoms with Crippen molar-refractivity contribution in [2.45, 2.75) is 0 Å². The highest BCUT2D eigenvalue weighted by molar-refractivity contribution is 6.18. The molecule has 0 saturated heterocycles. The average molecular weight is 282 g/mol. The molecule has 0 aliphatic carbocycles. The summed E-state index contributed by atoms with van der Waals surface area (Å²) in [4.78, 5) is 13.7. The summed E-state index contributed by atoms with van der Waals surface area (Å²) in [6, 6.07) is 6.27. The quantitative estimate of drug-likeness (QED) is 0.715. The van der Waals surface area contributed by atoms with Crippen molar-refractivity contribution in [1.29, 1.82) is 0 Å². The van der Waals surface area contributed by atoms with Gasteiger partial charge in [0.05, 0.1) is 19.6 Å². The van der Waals surface area contributed by atoms with Gasteiger partial charge in [-0.3, -0.25) is 15.0 Å². The van der Waals surface area contributed by atoms with Crippen molar-refractivity contribution < 1.29 is 0 Å². The van der Waals surface area contributed by atoms with Gasteiger partial charge >= 0.3 is 0 Å². The van der Waals surface area contributed by atoms with Gasteiger partial charge in [-0.2, -0.15) is 0 Å². The molecule has 0 spiro atoms. The lowest BCUT2D eigenvalue weighted by Crippen LogP contribution is -2.30. The third kappa shape index (κ3) is 2.16. The Morgan fingerprint density at radius 1 is 0.667 bits per heavy atom. The Bertz CT molecular complexity index is 616. The summed E-state index contributed by atoms with van der Waals surface area (Å²) in [5.41, 5.74) is 3.32. The van der Waals surface area contributed by atoms with Gasteiger partial charge < -0.3 is 16.0 Å². The minimum Gasteiger partial charge on any atom is -0.368 e. The van der Waals surface area contributed by atoms with E-state index in [9.17, 15) is 0 Å². The summed E-state index contributed by atoms with van der Waals surface area (Å²) in [5.74, 6) is 2.87. The van der Waals surface area contributed by atoms with E-state index in [0.29, 0.717) is 0 Å². The summed E-state index contributed by atoms with van der Waals surface area (Å²) in [5, 5.41) is 10.1. The lowest BCUT2D eigenvalue weighted by molar-refractivity contribution is 0.956. The fraction of sp³-hybridized carbons (Fsp3) is 0.400. The molecule has 0 aromatic heterocycles. The van der Waals surface area contributed by atoms with Gasteiger partial charge in [-0.05, 0) is 0 Å². The second-order valence-corrected chi connectivity index (χ2v) is 5.20. The number of amidine groups is 3. The van der Waals surface area contributed by atoms with Crippen LogP contribution in [0.4, 0.5) is 0 Å². The first-order valence-corrected chi connectivity index (χ1v) is 7.42. The minimum absolute atomic E-state index is 0.822. The van der Waals surface area contributed by atoms with Gasteiger partial charge in [0.1, 0.15) is 17.5 Å². The van der Waals surface area contributed by atoms with Crippen LogP contribution in [0.3, 0.4) is 0 Å². The normalized spacial score (nSPS) is 20.3. The van der Waals surface area contributed by atoms with Gasteiger partial charge in [0.25, 0.3) is 0 Å². The van der Waals surface area contributed by atoms with Crippen LogP contribution >= 0.6 is 0 Å². The molecule has 0 saturated carbocycles. The molecular weight excluding hydrogens is 264 g/mol. The molecule has 0 atom stereocenters. The van der Waals surface area contributed by atoms with Crippen molar-refractivity contribution >= 4 is 17.5 Å². The van der Waals surface area contributed by atoms with Gasteiger partial charge in [0.15, 0.2) is 0 Å². The largest absolute Gasteiger partial charge is 0.368 e. The van der Waals surface area contributed by atoms with Crippen LogP contribution in [-0.4, -0.2) is 56.8 Å². The zero-order valence-corrected chi connectivity index (χ0v) is 11.8.